The van der Waals surface area contributed by atoms with Crippen molar-refractivity contribution in [1.29, 1.82) is 0 Å². The fourth-order valence-electron chi connectivity index (χ4n) is 1.49. The third-order valence-electron chi connectivity index (χ3n) is 2.57. The Bertz CT molecular complexity index is 411. The molecule has 0 saturated carbocycles. The van der Waals surface area contributed by atoms with Crippen molar-refractivity contribution in [2.24, 2.45) is 0 Å². The molecule has 0 bridgehead atoms. The van der Waals surface area contributed by atoms with E-state index in [4.69, 9.17) is 0 Å². The van der Waals surface area contributed by atoms with E-state index in [9.17, 15) is 4.79 Å². The normalized spacial score (nSPS) is 13.7. The number of amides is 1. The average Bonchev–Trinajstić information content (AvgIpc) is 2.60. The minimum atomic E-state index is -0.182. The molecule has 1 rings (SSSR count). The summed E-state index contributed by atoms with van der Waals surface area (Å²) in [7, 11) is 1.97. The molecule has 0 spiro atoms. The number of rotatable bonds is 4. The van der Waals surface area contributed by atoms with Crippen LogP contribution in [0.3, 0.4) is 0 Å². The van der Waals surface area contributed by atoms with E-state index in [0.717, 1.165) is 11.0 Å². The summed E-state index contributed by atoms with van der Waals surface area (Å²) in [5, 5.41) is 5.06. The molecule has 0 radical (unpaired) electrons. The van der Waals surface area contributed by atoms with Crippen LogP contribution in [0.1, 0.15) is 32.6 Å². The maximum Gasteiger partial charge on any atom is 0.237 e. The van der Waals surface area contributed by atoms with Crippen LogP contribution in [0.4, 0.5) is 0 Å². The monoisotopic (exact) mass is 332 g/mol. The van der Waals surface area contributed by atoms with Crippen LogP contribution in [-0.2, 0) is 11.3 Å². The van der Waals surface area contributed by atoms with Gasteiger partial charge < -0.3 is 5.32 Å². The molecule has 0 aliphatic rings. The first-order chi connectivity index (χ1) is 8.19. The summed E-state index contributed by atoms with van der Waals surface area (Å²) in [4.78, 5) is 15.3. The average molecular weight is 333 g/mol. The first kappa shape index (κ1) is 15.7. The molecule has 0 aromatic carbocycles. The molecule has 1 aromatic rings. The van der Waals surface area contributed by atoms with E-state index in [1.807, 2.05) is 34.7 Å². The van der Waals surface area contributed by atoms with Gasteiger partial charge in [-0.3, -0.25) is 9.69 Å². The van der Waals surface area contributed by atoms with Crippen LogP contribution in [0, 0.1) is 0 Å². The number of thiophene rings is 1. The lowest BCUT2D eigenvalue weighted by atomic mass is 10.1. The second-order valence-corrected chi connectivity index (χ2v) is 7.47. The van der Waals surface area contributed by atoms with E-state index in [1.54, 1.807) is 11.3 Å². The number of likely N-dealkylation sites (N-methyl/N-ethyl adjacent to an activating group) is 1. The number of carbonyl (C=O) groups is 1. The molecule has 1 atom stereocenters. The third kappa shape index (κ3) is 5.08. The van der Waals surface area contributed by atoms with E-state index in [0.29, 0.717) is 0 Å². The minimum Gasteiger partial charge on any atom is -0.350 e. The lowest BCUT2D eigenvalue weighted by Crippen LogP contribution is -2.49. The van der Waals surface area contributed by atoms with Gasteiger partial charge in [0.25, 0.3) is 0 Å². The van der Waals surface area contributed by atoms with Gasteiger partial charge in [0.15, 0.2) is 0 Å². The zero-order chi connectivity index (χ0) is 13.9. The Hall–Kier alpha value is -0.390. The van der Waals surface area contributed by atoms with Crippen molar-refractivity contribution in [3.63, 3.8) is 0 Å². The smallest absolute Gasteiger partial charge is 0.237 e. The number of nitrogens with zero attached hydrogens (tertiary/aromatic N) is 1. The first-order valence-corrected chi connectivity index (χ1v) is 7.61. The van der Waals surface area contributed by atoms with Gasteiger partial charge in [0.2, 0.25) is 5.91 Å². The molecule has 0 fully saturated rings. The maximum absolute atomic E-state index is 12.0. The van der Waals surface area contributed by atoms with Gasteiger partial charge in [-0.15, -0.1) is 11.3 Å². The second-order valence-electron chi connectivity index (χ2n) is 5.56. The number of nitrogens with one attached hydrogen (secondary N) is 1. The van der Waals surface area contributed by atoms with Crippen LogP contribution in [0.5, 0.6) is 0 Å². The summed E-state index contributed by atoms with van der Waals surface area (Å²) >= 11 is 5.14. The number of halogens is 1. The Morgan fingerprint density at radius 3 is 2.61 bits per heavy atom. The highest BCUT2D eigenvalue weighted by Gasteiger charge is 2.22. The van der Waals surface area contributed by atoms with Crippen molar-refractivity contribution < 1.29 is 4.79 Å². The first-order valence-electron chi connectivity index (χ1n) is 5.94. The van der Waals surface area contributed by atoms with Gasteiger partial charge in [-0.2, -0.15) is 0 Å². The lowest BCUT2D eigenvalue weighted by Gasteiger charge is -2.28. The van der Waals surface area contributed by atoms with Gasteiger partial charge in [-0.25, -0.2) is 0 Å². The minimum absolute atomic E-state index is 0.0700. The molecule has 3 nitrogen and oxygen atoms in total. The van der Waals surface area contributed by atoms with Crippen molar-refractivity contribution in [2.75, 3.05) is 7.05 Å². The lowest BCUT2D eigenvalue weighted by molar-refractivity contribution is -0.127. The Kier molecular flexibility index (Phi) is 5.37. The van der Waals surface area contributed by atoms with Crippen LogP contribution in [0.15, 0.2) is 15.9 Å². The molecule has 0 aliphatic heterocycles. The zero-order valence-electron chi connectivity index (χ0n) is 11.6. The zero-order valence-corrected chi connectivity index (χ0v) is 14.0. The largest absolute Gasteiger partial charge is 0.350 e. The summed E-state index contributed by atoms with van der Waals surface area (Å²) in [6, 6.07) is 1.96. The van der Waals surface area contributed by atoms with Gasteiger partial charge in [0.05, 0.1) is 6.04 Å². The summed E-state index contributed by atoms with van der Waals surface area (Å²) in [6.07, 6.45) is 0. The summed E-state index contributed by atoms with van der Waals surface area (Å²) in [5.74, 6) is 0.0700. The number of hydrogen-bond acceptors (Lipinski definition) is 3. The van der Waals surface area contributed by atoms with E-state index >= 15 is 0 Å². The van der Waals surface area contributed by atoms with Crippen molar-refractivity contribution in [3.05, 3.63) is 20.8 Å². The molecule has 18 heavy (non-hydrogen) atoms. The molecule has 102 valence electrons. The standard InChI is InChI=1S/C13H21BrN2OS/c1-9(12(17)15-13(2,3)4)16(5)7-11-6-10(14)8-18-11/h6,8-9H,7H2,1-5H3,(H,15,17)/t9-/m1/s1. The number of carbonyl (C=O) groups excluding carboxylic acids is 1. The Morgan fingerprint density at radius 2 is 2.17 bits per heavy atom. The van der Waals surface area contributed by atoms with E-state index < -0.39 is 0 Å². The Labute approximate surface area is 122 Å². The van der Waals surface area contributed by atoms with Gasteiger partial charge in [0, 0.05) is 26.8 Å². The summed E-state index contributed by atoms with van der Waals surface area (Å²) in [6.45, 7) is 8.70. The van der Waals surface area contributed by atoms with E-state index in [1.165, 1.54) is 4.88 Å². The highest BCUT2D eigenvalue weighted by Crippen LogP contribution is 2.21. The van der Waals surface area contributed by atoms with Crippen LogP contribution in [0.2, 0.25) is 0 Å². The molecule has 1 amide bonds. The SMILES string of the molecule is C[C@H](C(=O)NC(C)(C)C)N(C)Cc1cc(Br)cs1. The molecular weight excluding hydrogens is 312 g/mol. The molecule has 5 heteroatoms. The van der Waals surface area contributed by atoms with E-state index in [2.05, 4.69) is 37.6 Å². The van der Waals surface area contributed by atoms with Crippen molar-refractivity contribution >= 4 is 33.2 Å². The molecule has 0 saturated heterocycles. The number of hydrogen-bond donors (Lipinski definition) is 1. The second kappa shape index (κ2) is 6.17. The van der Waals surface area contributed by atoms with Crippen LogP contribution >= 0.6 is 27.3 Å². The molecule has 1 aromatic heterocycles. The fraction of sp³-hybridized carbons (Fsp3) is 0.615. The molecule has 1 heterocycles. The highest BCUT2D eigenvalue weighted by molar-refractivity contribution is 9.10. The molecule has 1 N–H and O–H groups in total. The van der Waals surface area contributed by atoms with Crippen molar-refractivity contribution in [3.8, 4) is 0 Å². The molecule has 0 aliphatic carbocycles. The molecule has 0 unspecified atom stereocenters. The fourth-order valence-corrected chi connectivity index (χ4v) is 3.01. The highest BCUT2D eigenvalue weighted by atomic mass is 79.9. The van der Waals surface area contributed by atoms with Crippen molar-refractivity contribution in [2.45, 2.75) is 45.8 Å². The summed E-state index contributed by atoms with van der Waals surface area (Å²) < 4.78 is 1.10. The quantitative estimate of drug-likeness (QED) is 0.917. The van der Waals surface area contributed by atoms with Gasteiger partial charge >= 0.3 is 0 Å². The van der Waals surface area contributed by atoms with Gasteiger partial charge in [-0.1, -0.05) is 0 Å². The third-order valence-corrected chi connectivity index (χ3v) is 4.25. The van der Waals surface area contributed by atoms with Crippen molar-refractivity contribution in [1.82, 2.24) is 10.2 Å². The van der Waals surface area contributed by atoms with Crippen LogP contribution in [-0.4, -0.2) is 29.4 Å². The van der Waals surface area contributed by atoms with Crippen LogP contribution in [0.25, 0.3) is 0 Å². The maximum atomic E-state index is 12.0. The van der Waals surface area contributed by atoms with Crippen LogP contribution < -0.4 is 5.32 Å². The predicted octanol–water partition coefficient (Wildman–Crippen LogP) is 3.25. The Morgan fingerprint density at radius 1 is 1.56 bits per heavy atom. The summed E-state index contributed by atoms with van der Waals surface area (Å²) in [5.41, 5.74) is -0.182. The van der Waals surface area contributed by atoms with Gasteiger partial charge in [-0.05, 0) is 56.7 Å². The Balaban J connectivity index is 2.55. The topological polar surface area (TPSA) is 32.3 Å². The molecular formula is C13H21BrN2OS. The van der Waals surface area contributed by atoms with E-state index in [-0.39, 0.29) is 17.5 Å². The predicted molar refractivity (Wildman–Crippen MR) is 80.8 cm³/mol. The van der Waals surface area contributed by atoms with Gasteiger partial charge in [0.1, 0.15) is 0 Å².